The van der Waals surface area contributed by atoms with E-state index in [0.717, 1.165) is 21.3 Å². The summed E-state index contributed by atoms with van der Waals surface area (Å²) < 4.78 is 6.26. The number of methoxy groups -OCH3 is 1. The summed E-state index contributed by atoms with van der Waals surface area (Å²) >= 11 is 3.42. The van der Waals surface area contributed by atoms with Crippen LogP contribution in [-0.2, 0) is 6.54 Å². The molecule has 0 spiro atoms. The molecule has 2 aromatic rings. The van der Waals surface area contributed by atoms with Gasteiger partial charge in [0.25, 0.3) is 5.69 Å². The largest absolute Gasteiger partial charge is 0.496 e. The lowest BCUT2D eigenvalue weighted by atomic mass is 10.1. The molecule has 0 unspecified atom stereocenters. The van der Waals surface area contributed by atoms with Crippen LogP contribution in [-0.4, -0.2) is 12.0 Å². The number of halogens is 1. The van der Waals surface area contributed by atoms with Gasteiger partial charge in [0, 0.05) is 34.4 Å². The summed E-state index contributed by atoms with van der Waals surface area (Å²) in [4.78, 5) is 10.4. The van der Waals surface area contributed by atoms with Crippen LogP contribution in [0, 0.1) is 17.0 Å². The summed E-state index contributed by atoms with van der Waals surface area (Å²) in [6.45, 7) is 2.45. The molecule has 0 aliphatic rings. The van der Waals surface area contributed by atoms with Crippen molar-refractivity contribution in [3.63, 3.8) is 0 Å². The Morgan fingerprint density at radius 1 is 1.29 bits per heavy atom. The van der Waals surface area contributed by atoms with E-state index in [2.05, 4.69) is 21.2 Å². The van der Waals surface area contributed by atoms with Gasteiger partial charge in [0.2, 0.25) is 0 Å². The third-order valence-corrected chi connectivity index (χ3v) is 3.63. The first-order valence-corrected chi connectivity index (χ1v) is 7.12. The zero-order valence-corrected chi connectivity index (χ0v) is 13.3. The van der Waals surface area contributed by atoms with E-state index in [9.17, 15) is 10.1 Å². The van der Waals surface area contributed by atoms with Crippen LogP contribution in [0.4, 0.5) is 11.4 Å². The van der Waals surface area contributed by atoms with Crippen LogP contribution in [0.1, 0.15) is 11.1 Å². The molecule has 0 bridgehead atoms. The molecule has 0 aliphatic heterocycles. The van der Waals surface area contributed by atoms with E-state index in [1.54, 1.807) is 13.2 Å². The molecule has 6 heteroatoms. The average Bonchev–Trinajstić information content (AvgIpc) is 2.46. The Labute approximate surface area is 131 Å². The molecule has 0 fully saturated rings. The van der Waals surface area contributed by atoms with E-state index in [4.69, 9.17) is 4.74 Å². The predicted octanol–water partition coefficient (Wildman–Crippen LogP) is 4.29. The Kier molecular flexibility index (Phi) is 4.80. The van der Waals surface area contributed by atoms with Crippen molar-refractivity contribution in [2.24, 2.45) is 0 Å². The highest BCUT2D eigenvalue weighted by atomic mass is 79.9. The number of hydrogen-bond donors (Lipinski definition) is 1. The van der Waals surface area contributed by atoms with Crippen LogP contribution < -0.4 is 10.1 Å². The number of nitro groups is 1. The molecule has 0 amide bonds. The fourth-order valence-electron chi connectivity index (χ4n) is 2.03. The van der Waals surface area contributed by atoms with Crippen LogP contribution in [0.25, 0.3) is 0 Å². The molecule has 0 aliphatic carbocycles. The number of nitrogens with zero attached hydrogens (tertiary/aromatic N) is 1. The summed E-state index contributed by atoms with van der Waals surface area (Å²) in [5, 5.41) is 14.1. The van der Waals surface area contributed by atoms with Crippen LogP contribution in [0.15, 0.2) is 40.9 Å². The Hall–Kier alpha value is -2.08. The summed E-state index contributed by atoms with van der Waals surface area (Å²) in [6.07, 6.45) is 0. The molecule has 110 valence electrons. The van der Waals surface area contributed by atoms with Gasteiger partial charge in [-0.3, -0.25) is 10.1 Å². The lowest BCUT2D eigenvalue weighted by molar-refractivity contribution is -0.384. The Morgan fingerprint density at radius 3 is 2.67 bits per heavy atom. The van der Waals surface area contributed by atoms with Crippen molar-refractivity contribution in [1.82, 2.24) is 0 Å². The molecule has 0 saturated carbocycles. The van der Waals surface area contributed by atoms with E-state index in [1.165, 1.54) is 12.1 Å². The van der Waals surface area contributed by atoms with Crippen molar-refractivity contribution >= 4 is 27.3 Å². The number of anilines is 1. The standard InChI is InChI=1S/C15H15BrN2O3/c1-10-7-12(16)3-5-14(10)17-9-11-8-13(18(19)20)4-6-15(11)21-2/h3-8,17H,9H2,1-2H3. The van der Waals surface area contributed by atoms with E-state index in [0.29, 0.717) is 12.3 Å². The number of benzene rings is 2. The molecular weight excluding hydrogens is 336 g/mol. The number of nitro benzene ring substituents is 1. The molecule has 0 heterocycles. The minimum Gasteiger partial charge on any atom is -0.496 e. The first kappa shape index (κ1) is 15.3. The van der Waals surface area contributed by atoms with Gasteiger partial charge >= 0.3 is 0 Å². The van der Waals surface area contributed by atoms with Gasteiger partial charge in [0.1, 0.15) is 5.75 Å². The third kappa shape index (κ3) is 3.72. The van der Waals surface area contributed by atoms with Crippen LogP contribution >= 0.6 is 15.9 Å². The highest BCUT2D eigenvalue weighted by molar-refractivity contribution is 9.10. The topological polar surface area (TPSA) is 64.4 Å². The second-order valence-corrected chi connectivity index (χ2v) is 5.48. The van der Waals surface area contributed by atoms with Crippen molar-refractivity contribution in [1.29, 1.82) is 0 Å². The smallest absolute Gasteiger partial charge is 0.270 e. The van der Waals surface area contributed by atoms with E-state index < -0.39 is 4.92 Å². The number of ether oxygens (including phenoxy) is 1. The monoisotopic (exact) mass is 350 g/mol. The molecule has 0 saturated heterocycles. The maximum absolute atomic E-state index is 10.9. The summed E-state index contributed by atoms with van der Waals surface area (Å²) in [5.74, 6) is 0.628. The molecule has 21 heavy (non-hydrogen) atoms. The van der Waals surface area contributed by atoms with Crippen molar-refractivity contribution in [2.45, 2.75) is 13.5 Å². The number of nitrogens with one attached hydrogen (secondary N) is 1. The zero-order valence-electron chi connectivity index (χ0n) is 11.7. The van der Waals surface area contributed by atoms with Crippen LogP contribution in [0.5, 0.6) is 5.75 Å². The molecule has 0 aromatic heterocycles. The van der Waals surface area contributed by atoms with Gasteiger partial charge in [-0.15, -0.1) is 0 Å². The average molecular weight is 351 g/mol. The third-order valence-electron chi connectivity index (χ3n) is 3.13. The molecule has 0 radical (unpaired) electrons. The number of hydrogen-bond acceptors (Lipinski definition) is 4. The summed E-state index contributed by atoms with van der Waals surface area (Å²) in [5.41, 5.74) is 2.87. The minimum absolute atomic E-state index is 0.0557. The molecule has 5 nitrogen and oxygen atoms in total. The van der Waals surface area contributed by atoms with E-state index >= 15 is 0 Å². The number of rotatable bonds is 5. The predicted molar refractivity (Wildman–Crippen MR) is 85.9 cm³/mol. The fraction of sp³-hybridized carbons (Fsp3) is 0.200. The molecular formula is C15H15BrN2O3. The van der Waals surface area contributed by atoms with Gasteiger partial charge in [-0.05, 0) is 36.8 Å². The van der Waals surface area contributed by atoms with Crippen molar-refractivity contribution in [3.8, 4) is 5.75 Å². The molecule has 2 aromatic carbocycles. The molecule has 1 N–H and O–H groups in total. The van der Waals surface area contributed by atoms with Crippen LogP contribution in [0.3, 0.4) is 0 Å². The lowest BCUT2D eigenvalue weighted by Crippen LogP contribution is -2.04. The second kappa shape index (κ2) is 6.58. The maximum Gasteiger partial charge on any atom is 0.270 e. The van der Waals surface area contributed by atoms with E-state index in [-0.39, 0.29) is 5.69 Å². The summed E-state index contributed by atoms with van der Waals surface area (Å²) in [7, 11) is 1.55. The minimum atomic E-state index is -0.409. The van der Waals surface area contributed by atoms with Gasteiger partial charge < -0.3 is 10.1 Å². The quantitative estimate of drug-likeness (QED) is 0.645. The first-order valence-electron chi connectivity index (χ1n) is 6.32. The van der Waals surface area contributed by atoms with Crippen LogP contribution in [0.2, 0.25) is 0 Å². The number of aryl methyl sites for hydroxylation is 1. The van der Waals surface area contributed by atoms with Crippen molar-refractivity contribution < 1.29 is 9.66 Å². The zero-order chi connectivity index (χ0) is 15.4. The summed E-state index contributed by atoms with van der Waals surface area (Å²) in [6, 6.07) is 10.5. The fourth-order valence-corrected chi connectivity index (χ4v) is 2.51. The molecule has 0 atom stereocenters. The Balaban J connectivity index is 2.22. The lowest BCUT2D eigenvalue weighted by Gasteiger charge is -2.12. The Bertz CT molecular complexity index is 674. The maximum atomic E-state index is 10.9. The van der Waals surface area contributed by atoms with Gasteiger partial charge in [0.15, 0.2) is 0 Å². The van der Waals surface area contributed by atoms with Gasteiger partial charge in [-0.2, -0.15) is 0 Å². The Morgan fingerprint density at radius 2 is 2.05 bits per heavy atom. The molecule has 2 rings (SSSR count). The number of non-ortho nitro benzene ring substituents is 1. The van der Waals surface area contributed by atoms with Gasteiger partial charge in [-0.1, -0.05) is 15.9 Å². The SMILES string of the molecule is COc1ccc([N+](=O)[O-])cc1CNc1ccc(Br)cc1C. The highest BCUT2D eigenvalue weighted by Gasteiger charge is 2.11. The normalized spacial score (nSPS) is 10.2. The second-order valence-electron chi connectivity index (χ2n) is 4.57. The highest BCUT2D eigenvalue weighted by Crippen LogP contribution is 2.26. The van der Waals surface area contributed by atoms with E-state index in [1.807, 2.05) is 25.1 Å². The van der Waals surface area contributed by atoms with Gasteiger partial charge in [-0.25, -0.2) is 0 Å². The van der Waals surface area contributed by atoms with Gasteiger partial charge in [0.05, 0.1) is 12.0 Å². The first-order chi connectivity index (χ1) is 10.0. The van der Waals surface area contributed by atoms with Crippen molar-refractivity contribution in [2.75, 3.05) is 12.4 Å². The van der Waals surface area contributed by atoms with Crippen molar-refractivity contribution in [3.05, 3.63) is 62.1 Å².